The van der Waals surface area contributed by atoms with Gasteiger partial charge in [0.05, 0.1) is 5.69 Å². The second kappa shape index (κ2) is 4.55. The van der Waals surface area contributed by atoms with E-state index in [-0.39, 0.29) is 18.3 Å². The number of carbonyl (C=O) groups excluding carboxylic acids is 2. The minimum atomic E-state index is -0.124. The Morgan fingerprint density at radius 3 is 3.00 bits per heavy atom. The van der Waals surface area contributed by atoms with Crippen molar-refractivity contribution < 1.29 is 14.3 Å². The molecule has 0 unspecified atom stereocenters. The Morgan fingerprint density at radius 2 is 2.29 bits per heavy atom. The summed E-state index contributed by atoms with van der Waals surface area (Å²) in [6.45, 7) is 0.362. The summed E-state index contributed by atoms with van der Waals surface area (Å²) in [5.74, 6) is 0.471. The van der Waals surface area contributed by atoms with Crippen LogP contribution in [0.25, 0.3) is 0 Å². The van der Waals surface area contributed by atoms with Gasteiger partial charge in [0.1, 0.15) is 5.75 Å². The number of fused-ring (bicyclic) bond motifs is 1. The van der Waals surface area contributed by atoms with Gasteiger partial charge in [-0.2, -0.15) is 0 Å². The van der Waals surface area contributed by atoms with Gasteiger partial charge in [-0.25, -0.2) is 0 Å². The van der Waals surface area contributed by atoms with E-state index in [2.05, 4.69) is 0 Å². The molecule has 17 heavy (non-hydrogen) atoms. The highest BCUT2D eigenvalue weighted by molar-refractivity contribution is 6.01. The van der Waals surface area contributed by atoms with Gasteiger partial charge >= 0.3 is 0 Å². The number of anilines is 1. The summed E-state index contributed by atoms with van der Waals surface area (Å²) in [5.41, 5.74) is 6.53. The number of amides is 1. The van der Waals surface area contributed by atoms with Gasteiger partial charge in [-0.3, -0.25) is 9.59 Å². The fraction of sp³-hybridized carbons (Fsp3) is 0.333. The van der Waals surface area contributed by atoms with E-state index in [0.29, 0.717) is 30.0 Å². The van der Waals surface area contributed by atoms with E-state index in [1.54, 1.807) is 25.2 Å². The normalized spacial score (nSPS) is 14.2. The molecule has 0 saturated heterocycles. The molecular formula is C12H14N2O3. The van der Waals surface area contributed by atoms with Crippen molar-refractivity contribution in [1.29, 1.82) is 0 Å². The summed E-state index contributed by atoms with van der Waals surface area (Å²) in [4.78, 5) is 24.7. The Hall–Kier alpha value is -1.88. The van der Waals surface area contributed by atoms with Crippen LogP contribution >= 0.6 is 0 Å². The van der Waals surface area contributed by atoms with Gasteiger partial charge in [-0.15, -0.1) is 0 Å². The van der Waals surface area contributed by atoms with Crippen LogP contribution in [0.1, 0.15) is 16.8 Å². The summed E-state index contributed by atoms with van der Waals surface area (Å²) in [6.07, 6.45) is 0.303. The fourth-order valence-electron chi connectivity index (χ4n) is 1.72. The molecule has 0 saturated carbocycles. The molecule has 1 aromatic rings. The Bertz CT molecular complexity index is 471. The first kappa shape index (κ1) is 11.6. The third-order valence-electron chi connectivity index (χ3n) is 2.74. The van der Waals surface area contributed by atoms with Crippen molar-refractivity contribution in [1.82, 2.24) is 0 Å². The predicted molar refractivity (Wildman–Crippen MR) is 63.3 cm³/mol. The predicted octanol–water partition coefficient (Wildman–Crippen LogP) is 0.573. The van der Waals surface area contributed by atoms with E-state index in [4.69, 9.17) is 10.5 Å². The summed E-state index contributed by atoms with van der Waals surface area (Å²) in [6, 6.07) is 5.08. The Labute approximate surface area is 99.2 Å². The second-order valence-corrected chi connectivity index (χ2v) is 3.89. The number of benzene rings is 1. The molecule has 5 nitrogen and oxygen atoms in total. The summed E-state index contributed by atoms with van der Waals surface area (Å²) in [5, 5.41) is 0. The molecule has 1 amide bonds. The molecule has 5 heteroatoms. The van der Waals surface area contributed by atoms with Crippen LogP contribution in [-0.2, 0) is 4.79 Å². The molecule has 0 aromatic heterocycles. The van der Waals surface area contributed by atoms with Crippen molar-refractivity contribution in [2.24, 2.45) is 5.73 Å². The van der Waals surface area contributed by atoms with Crippen molar-refractivity contribution >= 4 is 17.4 Å². The van der Waals surface area contributed by atoms with E-state index in [9.17, 15) is 9.59 Å². The number of rotatable bonds is 3. The zero-order chi connectivity index (χ0) is 12.4. The monoisotopic (exact) mass is 234 g/mol. The molecule has 90 valence electrons. The number of ether oxygens (including phenoxy) is 1. The number of nitrogens with zero attached hydrogens (tertiary/aromatic N) is 1. The molecule has 0 fully saturated rings. The largest absolute Gasteiger partial charge is 0.482 e. The van der Waals surface area contributed by atoms with E-state index in [1.165, 1.54) is 4.90 Å². The quantitative estimate of drug-likeness (QED) is 0.776. The Kier molecular flexibility index (Phi) is 3.10. The lowest BCUT2D eigenvalue weighted by Gasteiger charge is -2.26. The molecule has 0 atom stereocenters. The minimum Gasteiger partial charge on any atom is -0.482 e. The van der Waals surface area contributed by atoms with Gasteiger partial charge in [0, 0.05) is 19.0 Å². The first-order valence-electron chi connectivity index (χ1n) is 5.40. The highest BCUT2D eigenvalue weighted by Gasteiger charge is 2.23. The standard InChI is InChI=1S/C12H14N2O3/c1-14-9-6-8(10(15)4-5-13)2-3-11(9)17-7-12(14)16/h2-3,6H,4-5,7,13H2,1H3. The van der Waals surface area contributed by atoms with Crippen molar-refractivity contribution in [2.75, 3.05) is 25.1 Å². The van der Waals surface area contributed by atoms with Gasteiger partial charge in [-0.05, 0) is 24.7 Å². The average molecular weight is 234 g/mol. The van der Waals surface area contributed by atoms with Gasteiger partial charge < -0.3 is 15.4 Å². The minimum absolute atomic E-state index is 0.0262. The van der Waals surface area contributed by atoms with E-state index < -0.39 is 0 Å². The maximum absolute atomic E-state index is 11.7. The van der Waals surface area contributed by atoms with Crippen LogP contribution in [0.4, 0.5) is 5.69 Å². The summed E-state index contributed by atoms with van der Waals surface area (Å²) >= 11 is 0. The molecule has 1 heterocycles. The average Bonchev–Trinajstić information content (AvgIpc) is 2.34. The molecule has 1 aromatic carbocycles. The highest BCUT2D eigenvalue weighted by Crippen LogP contribution is 2.32. The van der Waals surface area contributed by atoms with Crippen molar-refractivity contribution in [3.05, 3.63) is 23.8 Å². The topological polar surface area (TPSA) is 72.6 Å². The lowest BCUT2D eigenvalue weighted by atomic mass is 10.1. The molecule has 1 aliphatic rings. The van der Waals surface area contributed by atoms with Crippen molar-refractivity contribution in [3.8, 4) is 5.75 Å². The van der Waals surface area contributed by atoms with E-state index in [0.717, 1.165) is 0 Å². The van der Waals surface area contributed by atoms with Crippen LogP contribution in [0.2, 0.25) is 0 Å². The first-order valence-corrected chi connectivity index (χ1v) is 5.40. The third-order valence-corrected chi connectivity index (χ3v) is 2.74. The number of hydrogen-bond donors (Lipinski definition) is 1. The number of carbonyl (C=O) groups is 2. The van der Waals surface area contributed by atoms with Crippen molar-refractivity contribution in [3.63, 3.8) is 0 Å². The first-order chi connectivity index (χ1) is 8.13. The zero-order valence-electron chi connectivity index (χ0n) is 9.60. The second-order valence-electron chi connectivity index (χ2n) is 3.89. The molecular weight excluding hydrogens is 220 g/mol. The maximum atomic E-state index is 11.7. The lowest BCUT2D eigenvalue weighted by Crippen LogP contribution is -2.35. The highest BCUT2D eigenvalue weighted by atomic mass is 16.5. The number of likely N-dealkylation sites (N-methyl/N-ethyl adjacent to an activating group) is 1. The molecule has 0 bridgehead atoms. The van der Waals surface area contributed by atoms with E-state index >= 15 is 0 Å². The van der Waals surface area contributed by atoms with Gasteiger partial charge in [0.2, 0.25) is 0 Å². The number of hydrogen-bond acceptors (Lipinski definition) is 4. The molecule has 0 spiro atoms. The number of Topliss-reactive ketones (excluding diaryl/α,β-unsaturated/α-hetero) is 1. The van der Waals surface area contributed by atoms with Crippen molar-refractivity contribution in [2.45, 2.75) is 6.42 Å². The van der Waals surface area contributed by atoms with Crippen LogP contribution in [-0.4, -0.2) is 31.9 Å². The number of ketones is 1. The van der Waals surface area contributed by atoms with Crippen LogP contribution in [0.5, 0.6) is 5.75 Å². The Balaban J connectivity index is 2.35. The Morgan fingerprint density at radius 1 is 1.53 bits per heavy atom. The fourth-order valence-corrected chi connectivity index (χ4v) is 1.72. The van der Waals surface area contributed by atoms with Gasteiger partial charge in [0.15, 0.2) is 12.4 Å². The molecule has 2 N–H and O–H groups in total. The maximum Gasteiger partial charge on any atom is 0.264 e. The zero-order valence-corrected chi connectivity index (χ0v) is 9.60. The van der Waals surface area contributed by atoms with Crippen LogP contribution in [0.15, 0.2) is 18.2 Å². The van der Waals surface area contributed by atoms with Gasteiger partial charge in [-0.1, -0.05) is 0 Å². The third kappa shape index (κ3) is 2.14. The summed E-state index contributed by atoms with van der Waals surface area (Å²) in [7, 11) is 1.67. The molecule has 1 aliphatic heterocycles. The molecule has 0 radical (unpaired) electrons. The van der Waals surface area contributed by atoms with Gasteiger partial charge in [0.25, 0.3) is 5.91 Å². The summed E-state index contributed by atoms with van der Waals surface area (Å²) < 4.78 is 5.27. The molecule has 0 aliphatic carbocycles. The van der Waals surface area contributed by atoms with Crippen LogP contribution in [0, 0.1) is 0 Å². The smallest absolute Gasteiger partial charge is 0.264 e. The SMILES string of the molecule is CN1C(=O)COc2ccc(C(=O)CCN)cc21. The van der Waals surface area contributed by atoms with Crippen LogP contribution < -0.4 is 15.4 Å². The molecule has 2 rings (SSSR count). The van der Waals surface area contributed by atoms with Crippen LogP contribution in [0.3, 0.4) is 0 Å². The lowest BCUT2D eigenvalue weighted by molar-refractivity contribution is -0.120. The number of nitrogens with two attached hydrogens (primary N) is 1. The van der Waals surface area contributed by atoms with E-state index in [1.807, 2.05) is 0 Å².